The average molecular weight is 308 g/mol. The fraction of sp³-hybridized carbons (Fsp3) is 0.500. The van der Waals surface area contributed by atoms with Crippen molar-refractivity contribution in [2.45, 2.75) is 25.7 Å². The Morgan fingerprint density at radius 1 is 1.44 bits per heavy atom. The van der Waals surface area contributed by atoms with Gasteiger partial charge in [0.25, 0.3) is 0 Å². The number of hydrogen-bond acceptors (Lipinski definition) is 2. The monoisotopic (exact) mass is 307 g/mol. The van der Waals surface area contributed by atoms with Gasteiger partial charge in [-0.25, -0.2) is 4.98 Å². The lowest BCUT2D eigenvalue weighted by Crippen LogP contribution is -2.29. The van der Waals surface area contributed by atoms with Crippen molar-refractivity contribution in [1.29, 1.82) is 0 Å². The van der Waals surface area contributed by atoms with Crippen molar-refractivity contribution < 1.29 is 0 Å². The number of aromatic nitrogens is 2. The fourth-order valence-corrected chi connectivity index (χ4v) is 3.55. The van der Waals surface area contributed by atoms with Gasteiger partial charge in [-0.1, -0.05) is 15.9 Å². The molecule has 1 aliphatic heterocycles. The van der Waals surface area contributed by atoms with Crippen LogP contribution >= 0.6 is 15.9 Å². The molecule has 1 aromatic carbocycles. The van der Waals surface area contributed by atoms with Crippen LogP contribution in [0.5, 0.6) is 0 Å². The molecule has 1 atom stereocenters. The smallest absolute Gasteiger partial charge is 0.114 e. The summed E-state index contributed by atoms with van der Waals surface area (Å²) in [4.78, 5) is 4.85. The lowest BCUT2D eigenvalue weighted by molar-refractivity contribution is 0.440. The number of rotatable bonds is 1. The SMILES string of the molecule is Cc1cc(Br)cc2nc(C3CCCNC3)n(C)c12. The van der Waals surface area contributed by atoms with Crippen molar-refractivity contribution in [3.63, 3.8) is 0 Å². The molecule has 1 aliphatic rings. The highest BCUT2D eigenvalue weighted by Crippen LogP contribution is 2.29. The van der Waals surface area contributed by atoms with Crippen molar-refractivity contribution in [3.8, 4) is 0 Å². The van der Waals surface area contributed by atoms with Gasteiger partial charge in [-0.3, -0.25) is 0 Å². The minimum Gasteiger partial charge on any atom is -0.331 e. The third kappa shape index (κ3) is 1.97. The predicted molar refractivity (Wildman–Crippen MR) is 78.0 cm³/mol. The first-order chi connectivity index (χ1) is 8.66. The van der Waals surface area contributed by atoms with E-state index in [0.29, 0.717) is 5.92 Å². The van der Waals surface area contributed by atoms with E-state index in [0.717, 1.165) is 23.1 Å². The first kappa shape index (κ1) is 12.2. The summed E-state index contributed by atoms with van der Waals surface area (Å²) in [6, 6.07) is 4.27. The molecule has 0 spiro atoms. The van der Waals surface area contributed by atoms with Crippen molar-refractivity contribution in [1.82, 2.24) is 14.9 Å². The van der Waals surface area contributed by atoms with Crippen LogP contribution in [0.3, 0.4) is 0 Å². The highest BCUT2D eigenvalue weighted by molar-refractivity contribution is 9.10. The standard InChI is InChI=1S/C14H18BrN3/c1-9-6-11(15)7-12-13(9)18(2)14(17-12)10-4-3-5-16-8-10/h6-7,10,16H,3-5,8H2,1-2H3. The van der Waals surface area contributed by atoms with Crippen LogP contribution in [0.1, 0.15) is 30.1 Å². The maximum atomic E-state index is 4.85. The van der Waals surface area contributed by atoms with Crippen molar-refractivity contribution in [3.05, 3.63) is 28.0 Å². The minimum absolute atomic E-state index is 0.550. The molecule has 3 rings (SSSR count). The second-order valence-electron chi connectivity index (χ2n) is 5.16. The van der Waals surface area contributed by atoms with E-state index in [1.807, 2.05) is 0 Å². The van der Waals surface area contributed by atoms with Gasteiger partial charge in [-0.15, -0.1) is 0 Å². The normalized spacial score (nSPS) is 20.5. The van der Waals surface area contributed by atoms with Crippen LogP contribution in [-0.4, -0.2) is 22.6 Å². The molecule has 1 aromatic heterocycles. The average Bonchev–Trinajstić information content (AvgIpc) is 2.67. The van der Waals surface area contributed by atoms with E-state index < -0.39 is 0 Å². The molecule has 2 heterocycles. The maximum Gasteiger partial charge on any atom is 0.114 e. The molecule has 0 amide bonds. The van der Waals surface area contributed by atoms with Crippen molar-refractivity contribution in [2.75, 3.05) is 13.1 Å². The number of nitrogens with zero attached hydrogens (tertiary/aromatic N) is 2. The molecule has 3 nitrogen and oxygen atoms in total. The lowest BCUT2D eigenvalue weighted by Gasteiger charge is -2.22. The van der Waals surface area contributed by atoms with Gasteiger partial charge in [0.15, 0.2) is 0 Å². The first-order valence-electron chi connectivity index (χ1n) is 6.50. The highest BCUT2D eigenvalue weighted by atomic mass is 79.9. The Morgan fingerprint density at radius 2 is 2.28 bits per heavy atom. The Kier molecular flexibility index (Phi) is 3.16. The summed E-state index contributed by atoms with van der Waals surface area (Å²) in [5.74, 6) is 1.77. The number of aryl methyl sites for hydroxylation is 2. The highest BCUT2D eigenvalue weighted by Gasteiger charge is 2.21. The molecule has 1 N–H and O–H groups in total. The Hall–Kier alpha value is -0.870. The van der Waals surface area contributed by atoms with E-state index in [-0.39, 0.29) is 0 Å². The summed E-state index contributed by atoms with van der Waals surface area (Å²) in [7, 11) is 2.14. The number of hydrogen-bond donors (Lipinski definition) is 1. The van der Waals surface area contributed by atoms with Crippen LogP contribution in [0, 0.1) is 6.92 Å². The molecule has 1 fully saturated rings. The molecular weight excluding hydrogens is 290 g/mol. The number of benzene rings is 1. The minimum atomic E-state index is 0.550. The van der Waals surface area contributed by atoms with Crippen LogP contribution < -0.4 is 5.32 Å². The van der Waals surface area contributed by atoms with Gasteiger partial charge in [0.2, 0.25) is 0 Å². The molecule has 1 saturated heterocycles. The van der Waals surface area contributed by atoms with Crippen LogP contribution in [0.4, 0.5) is 0 Å². The Morgan fingerprint density at radius 3 is 3.00 bits per heavy atom. The van der Waals surface area contributed by atoms with Crippen molar-refractivity contribution >= 4 is 27.0 Å². The summed E-state index contributed by atoms with van der Waals surface area (Å²) in [5.41, 5.74) is 3.65. The zero-order valence-corrected chi connectivity index (χ0v) is 12.4. The summed E-state index contributed by atoms with van der Waals surface area (Å²) in [6.45, 7) is 4.35. The third-order valence-corrected chi connectivity index (χ3v) is 4.28. The number of halogens is 1. The molecule has 18 heavy (non-hydrogen) atoms. The summed E-state index contributed by atoms with van der Waals surface area (Å²) in [5, 5.41) is 3.47. The molecule has 0 bridgehead atoms. The Labute approximate surface area is 116 Å². The van der Waals surface area contributed by atoms with E-state index in [2.05, 4.69) is 51.9 Å². The second-order valence-corrected chi connectivity index (χ2v) is 6.08. The molecule has 0 aliphatic carbocycles. The second kappa shape index (κ2) is 4.67. The molecule has 0 saturated carbocycles. The molecule has 4 heteroatoms. The van der Waals surface area contributed by atoms with Gasteiger partial charge in [0.05, 0.1) is 11.0 Å². The largest absolute Gasteiger partial charge is 0.331 e. The summed E-state index contributed by atoms with van der Waals surface area (Å²) >= 11 is 3.55. The first-order valence-corrected chi connectivity index (χ1v) is 7.29. The van der Waals surface area contributed by atoms with Crippen LogP contribution in [-0.2, 0) is 7.05 Å². The summed E-state index contributed by atoms with van der Waals surface area (Å²) in [6.07, 6.45) is 2.49. The Balaban J connectivity index is 2.13. The van der Waals surface area contributed by atoms with E-state index in [1.54, 1.807) is 0 Å². The Bertz CT molecular complexity index is 582. The van der Waals surface area contributed by atoms with Crippen LogP contribution in [0.25, 0.3) is 11.0 Å². The van der Waals surface area contributed by atoms with E-state index in [9.17, 15) is 0 Å². The third-order valence-electron chi connectivity index (χ3n) is 3.82. The number of nitrogens with one attached hydrogen (secondary N) is 1. The zero-order chi connectivity index (χ0) is 12.7. The number of piperidine rings is 1. The van der Waals surface area contributed by atoms with Gasteiger partial charge in [0.1, 0.15) is 5.82 Å². The van der Waals surface area contributed by atoms with Gasteiger partial charge in [0, 0.05) is 24.0 Å². The predicted octanol–water partition coefficient (Wildman–Crippen LogP) is 3.11. The molecule has 1 unspecified atom stereocenters. The molecule has 2 aromatic rings. The topological polar surface area (TPSA) is 29.9 Å². The lowest BCUT2D eigenvalue weighted by atomic mass is 9.99. The van der Waals surface area contributed by atoms with Crippen LogP contribution in [0.15, 0.2) is 16.6 Å². The summed E-state index contributed by atoms with van der Waals surface area (Å²) < 4.78 is 3.38. The van der Waals surface area contributed by atoms with Gasteiger partial charge >= 0.3 is 0 Å². The number of fused-ring (bicyclic) bond motifs is 1. The maximum absolute atomic E-state index is 4.85. The molecular formula is C14H18BrN3. The van der Waals surface area contributed by atoms with Gasteiger partial charge < -0.3 is 9.88 Å². The van der Waals surface area contributed by atoms with Crippen LogP contribution in [0.2, 0.25) is 0 Å². The van der Waals surface area contributed by atoms with E-state index in [4.69, 9.17) is 4.98 Å². The quantitative estimate of drug-likeness (QED) is 0.877. The van der Waals surface area contributed by atoms with Gasteiger partial charge in [-0.2, -0.15) is 0 Å². The van der Waals surface area contributed by atoms with E-state index in [1.165, 1.54) is 29.7 Å². The van der Waals surface area contributed by atoms with E-state index >= 15 is 0 Å². The van der Waals surface area contributed by atoms with Crippen molar-refractivity contribution in [2.24, 2.45) is 7.05 Å². The number of imidazole rings is 1. The van der Waals surface area contributed by atoms with Gasteiger partial charge in [-0.05, 0) is 44.0 Å². The fourth-order valence-electron chi connectivity index (χ4n) is 2.99. The molecule has 0 radical (unpaired) electrons. The molecule has 96 valence electrons. The zero-order valence-electron chi connectivity index (χ0n) is 10.8.